The highest BCUT2D eigenvalue weighted by Crippen LogP contribution is 2.35. The smallest absolute Gasteiger partial charge is 0.137 e. The summed E-state index contributed by atoms with van der Waals surface area (Å²) < 4.78 is 1.34. The van der Waals surface area contributed by atoms with Crippen molar-refractivity contribution in [1.29, 1.82) is 0 Å². The molecule has 2 aromatic heterocycles. The third kappa shape index (κ3) is 1.99. The molecule has 1 saturated heterocycles. The molecular weight excluding hydrogens is 242 g/mol. The molecule has 1 fully saturated rings. The Labute approximate surface area is 112 Å². The SMILES string of the molecule is CNCC1(C)CCN(c2nccc3sccc23)C1. The molecule has 1 aliphatic heterocycles. The first-order valence-corrected chi connectivity index (χ1v) is 7.32. The summed E-state index contributed by atoms with van der Waals surface area (Å²) in [5.41, 5.74) is 0.370. The van der Waals surface area contributed by atoms with Crippen molar-refractivity contribution < 1.29 is 0 Å². The summed E-state index contributed by atoms with van der Waals surface area (Å²) in [5, 5.41) is 6.76. The highest BCUT2D eigenvalue weighted by atomic mass is 32.1. The molecule has 1 atom stereocenters. The third-order valence-electron chi connectivity index (χ3n) is 3.82. The Bertz CT molecular complexity index is 551. The zero-order valence-corrected chi connectivity index (χ0v) is 11.8. The second-order valence-electron chi connectivity index (χ2n) is 5.48. The van der Waals surface area contributed by atoms with Gasteiger partial charge in [0.2, 0.25) is 0 Å². The van der Waals surface area contributed by atoms with Gasteiger partial charge in [-0.1, -0.05) is 6.92 Å². The highest BCUT2D eigenvalue weighted by Gasteiger charge is 2.34. The minimum Gasteiger partial charge on any atom is -0.355 e. The molecule has 0 saturated carbocycles. The number of nitrogens with zero attached hydrogens (tertiary/aromatic N) is 2. The highest BCUT2D eigenvalue weighted by molar-refractivity contribution is 7.17. The standard InChI is InChI=1S/C14H19N3S/c1-14(9-15-2)5-7-17(10-14)13-11-4-8-18-12(11)3-6-16-13/h3-4,6,8,15H,5,7,9-10H2,1-2H3. The predicted octanol–water partition coefficient (Wildman–Crippen LogP) is 2.73. The predicted molar refractivity (Wildman–Crippen MR) is 78.5 cm³/mol. The van der Waals surface area contributed by atoms with E-state index < -0.39 is 0 Å². The summed E-state index contributed by atoms with van der Waals surface area (Å²) in [7, 11) is 2.03. The van der Waals surface area contributed by atoms with E-state index >= 15 is 0 Å². The van der Waals surface area contributed by atoms with Crippen molar-refractivity contribution in [1.82, 2.24) is 10.3 Å². The molecule has 1 N–H and O–H groups in total. The van der Waals surface area contributed by atoms with Gasteiger partial charge in [0.1, 0.15) is 5.82 Å². The lowest BCUT2D eigenvalue weighted by Gasteiger charge is -2.25. The summed E-state index contributed by atoms with van der Waals surface area (Å²) in [6, 6.07) is 4.29. The van der Waals surface area contributed by atoms with E-state index in [0.29, 0.717) is 5.41 Å². The third-order valence-corrected chi connectivity index (χ3v) is 4.70. The lowest BCUT2D eigenvalue weighted by molar-refractivity contribution is 0.356. The fourth-order valence-corrected chi connectivity index (χ4v) is 3.68. The van der Waals surface area contributed by atoms with E-state index in [0.717, 1.165) is 25.5 Å². The largest absolute Gasteiger partial charge is 0.355 e. The van der Waals surface area contributed by atoms with Crippen molar-refractivity contribution in [3.05, 3.63) is 23.7 Å². The van der Waals surface area contributed by atoms with E-state index in [2.05, 4.69) is 39.6 Å². The number of aromatic nitrogens is 1. The van der Waals surface area contributed by atoms with Crippen molar-refractivity contribution in [2.24, 2.45) is 5.41 Å². The number of rotatable bonds is 3. The second-order valence-corrected chi connectivity index (χ2v) is 6.43. The first kappa shape index (κ1) is 11.9. The molecule has 3 heterocycles. The Morgan fingerprint density at radius 2 is 2.39 bits per heavy atom. The number of anilines is 1. The molecular formula is C14H19N3S. The van der Waals surface area contributed by atoms with Crippen LogP contribution in [-0.2, 0) is 0 Å². The number of nitrogens with one attached hydrogen (secondary N) is 1. The van der Waals surface area contributed by atoms with Crippen LogP contribution in [0.4, 0.5) is 5.82 Å². The topological polar surface area (TPSA) is 28.2 Å². The first-order chi connectivity index (χ1) is 8.72. The normalized spacial score (nSPS) is 24.0. The van der Waals surface area contributed by atoms with Crippen LogP contribution in [0.15, 0.2) is 23.7 Å². The van der Waals surface area contributed by atoms with Crippen molar-refractivity contribution in [3.63, 3.8) is 0 Å². The van der Waals surface area contributed by atoms with E-state index in [4.69, 9.17) is 0 Å². The summed E-state index contributed by atoms with van der Waals surface area (Å²) in [4.78, 5) is 7.04. The van der Waals surface area contributed by atoms with Gasteiger partial charge >= 0.3 is 0 Å². The van der Waals surface area contributed by atoms with Gasteiger partial charge < -0.3 is 10.2 Å². The van der Waals surface area contributed by atoms with Gasteiger partial charge in [-0.05, 0) is 36.4 Å². The monoisotopic (exact) mass is 261 g/mol. The van der Waals surface area contributed by atoms with E-state index in [-0.39, 0.29) is 0 Å². The summed E-state index contributed by atoms with van der Waals surface area (Å²) >= 11 is 1.79. The van der Waals surface area contributed by atoms with Crippen LogP contribution in [0.25, 0.3) is 10.1 Å². The van der Waals surface area contributed by atoms with E-state index in [9.17, 15) is 0 Å². The van der Waals surface area contributed by atoms with Crippen LogP contribution in [0.5, 0.6) is 0 Å². The fourth-order valence-electron chi connectivity index (χ4n) is 2.91. The van der Waals surface area contributed by atoms with Gasteiger partial charge in [0.25, 0.3) is 0 Å². The Morgan fingerprint density at radius 3 is 3.22 bits per heavy atom. The summed E-state index contributed by atoms with van der Waals surface area (Å²) in [6.07, 6.45) is 3.16. The van der Waals surface area contributed by atoms with Gasteiger partial charge in [-0.25, -0.2) is 4.98 Å². The molecule has 0 radical (unpaired) electrons. The number of fused-ring (bicyclic) bond motifs is 1. The molecule has 4 heteroatoms. The Morgan fingerprint density at radius 1 is 1.50 bits per heavy atom. The number of thiophene rings is 1. The van der Waals surface area contributed by atoms with Gasteiger partial charge in [-0.3, -0.25) is 0 Å². The van der Waals surface area contributed by atoms with Crippen LogP contribution < -0.4 is 10.2 Å². The van der Waals surface area contributed by atoms with Gasteiger partial charge in [0, 0.05) is 35.9 Å². The van der Waals surface area contributed by atoms with Crippen LogP contribution in [0.3, 0.4) is 0 Å². The van der Waals surface area contributed by atoms with Gasteiger partial charge in [0.05, 0.1) is 0 Å². The average molecular weight is 261 g/mol. The average Bonchev–Trinajstić information content (AvgIpc) is 2.95. The molecule has 96 valence electrons. The summed E-state index contributed by atoms with van der Waals surface area (Å²) in [6.45, 7) is 5.64. The molecule has 2 aromatic rings. The fraction of sp³-hybridized carbons (Fsp3) is 0.500. The van der Waals surface area contributed by atoms with Crippen molar-refractivity contribution >= 4 is 27.2 Å². The van der Waals surface area contributed by atoms with Gasteiger partial charge in [-0.2, -0.15) is 0 Å². The Balaban J connectivity index is 1.90. The van der Waals surface area contributed by atoms with Gasteiger partial charge in [0.15, 0.2) is 0 Å². The van der Waals surface area contributed by atoms with E-state index in [1.54, 1.807) is 11.3 Å². The minimum absolute atomic E-state index is 0.370. The number of hydrogen-bond acceptors (Lipinski definition) is 4. The molecule has 1 unspecified atom stereocenters. The zero-order chi connectivity index (χ0) is 12.6. The molecule has 0 spiro atoms. The number of hydrogen-bond donors (Lipinski definition) is 1. The van der Waals surface area contributed by atoms with Crippen molar-refractivity contribution in [3.8, 4) is 0 Å². The lowest BCUT2D eigenvalue weighted by atomic mass is 9.90. The maximum absolute atomic E-state index is 4.60. The van der Waals surface area contributed by atoms with Crippen LogP contribution in [0.2, 0.25) is 0 Å². The molecule has 0 aromatic carbocycles. The molecule has 3 nitrogen and oxygen atoms in total. The lowest BCUT2D eigenvalue weighted by Crippen LogP contribution is -2.33. The van der Waals surface area contributed by atoms with Crippen LogP contribution in [0.1, 0.15) is 13.3 Å². The van der Waals surface area contributed by atoms with Crippen LogP contribution >= 0.6 is 11.3 Å². The van der Waals surface area contributed by atoms with E-state index in [1.807, 2.05) is 13.2 Å². The molecule has 1 aliphatic rings. The first-order valence-electron chi connectivity index (χ1n) is 6.44. The Kier molecular flexibility index (Phi) is 2.99. The maximum Gasteiger partial charge on any atom is 0.137 e. The van der Waals surface area contributed by atoms with Crippen molar-refractivity contribution in [2.45, 2.75) is 13.3 Å². The molecule has 0 bridgehead atoms. The number of pyridine rings is 1. The minimum atomic E-state index is 0.370. The van der Waals surface area contributed by atoms with Gasteiger partial charge in [-0.15, -0.1) is 11.3 Å². The molecule has 18 heavy (non-hydrogen) atoms. The second kappa shape index (κ2) is 4.52. The van der Waals surface area contributed by atoms with E-state index in [1.165, 1.54) is 16.5 Å². The van der Waals surface area contributed by atoms with Crippen LogP contribution in [0, 0.1) is 5.41 Å². The van der Waals surface area contributed by atoms with Crippen LogP contribution in [-0.4, -0.2) is 31.7 Å². The molecule has 0 amide bonds. The zero-order valence-electron chi connectivity index (χ0n) is 10.9. The molecule has 3 rings (SSSR count). The van der Waals surface area contributed by atoms with Crippen molar-refractivity contribution in [2.75, 3.05) is 31.6 Å². The molecule has 0 aliphatic carbocycles. The quantitative estimate of drug-likeness (QED) is 0.921. The maximum atomic E-state index is 4.60. The Hall–Kier alpha value is -1.13. The summed E-state index contributed by atoms with van der Waals surface area (Å²) in [5.74, 6) is 1.16.